The first-order valence-corrected chi connectivity index (χ1v) is 7.66. The lowest BCUT2D eigenvalue weighted by atomic mass is 10.3. The van der Waals surface area contributed by atoms with Crippen molar-refractivity contribution in [3.63, 3.8) is 0 Å². The van der Waals surface area contributed by atoms with Gasteiger partial charge in [-0.25, -0.2) is 4.98 Å². The summed E-state index contributed by atoms with van der Waals surface area (Å²) in [6.45, 7) is 5.51. The SMILES string of the molecule is CCC1CN(c2ncc(CNC)s2)CCS1. The number of nitrogens with one attached hydrogen (secondary N) is 1. The van der Waals surface area contributed by atoms with Crippen molar-refractivity contribution < 1.29 is 0 Å². The molecule has 0 aromatic carbocycles. The molecular formula is C11H19N3S2. The fraction of sp³-hybridized carbons (Fsp3) is 0.727. The van der Waals surface area contributed by atoms with Gasteiger partial charge in [0.1, 0.15) is 0 Å². The predicted octanol–water partition coefficient (Wildman–Crippen LogP) is 2.19. The molecule has 16 heavy (non-hydrogen) atoms. The lowest BCUT2D eigenvalue weighted by Crippen LogP contribution is -2.37. The molecule has 3 nitrogen and oxygen atoms in total. The first-order chi connectivity index (χ1) is 7.83. The Morgan fingerprint density at radius 2 is 2.50 bits per heavy atom. The molecule has 90 valence electrons. The average molecular weight is 257 g/mol. The monoisotopic (exact) mass is 257 g/mol. The van der Waals surface area contributed by atoms with Crippen LogP contribution in [0.3, 0.4) is 0 Å². The minimum atomic E-state index is 0.783. The highest BCUT2D eigenvalue weighted by molar-refractivity contribution is 8.00. The summed E-state index contributed by atoms with van der Waals surface area (Å²) in [5, 5.41) is 5.15. The number of nitrogens with zero attached hydrogens (tertiary/aromatic N) is 2. The van der Waals surface area contributed by atoms with E-state index in [9.17, 15) is 0 Å². The Balaban J connectivity index is 1.99. The average Bonchev–Trinajstić information content (AvgIpc) is 2.78. The Labute approximate surface area is 106 Å². The summed E-state index contributed by atoms with van der Waals surface area (Å²) in [6, 6.07) is 0. The molecule has 1 unspecified atom stereocenters. The predicted molar refractivity (Wildman–Crippen MR) is 73.6 cm³/mol. The largest absolute Gasteiger partial charge is 0.346 e. The molecule has 0 saturated carbocycles. The minimum absolute atomic E-state index is 0.783. The molecule has 0 aliphatic carbocycles. The Kier molecular flexibility index (Phi) is 4.49. The van der Waals surface area contributed by atoms with E-state index in [4.69, 9.17) is 0 Å². The Morgan fingerprint density at radius 3 is 3.25 bits per heavy atom. The van der Waals surface area contributed by atoms with Crippen molar-refractivity contribution in [2.75, 3.05) is 30.8 Å². The highest BCUT2D eigenvalue weighted by Gasteiger charge is 2.21. The van der Waals surface area contributed by atoms with Gasteiger partial charge in [-0.3, -0.25) is 0 Å². The van der Waals surface area contributed by atoms with Crippen LogP contribution in [0.4, 0.5) is 5.13 Å². The number of thiazole rings is 1. The van der Waals surface area contributed by atoms with Gasteiger partial charge in [0.05, 0.1) is 0 Å². The Bertz CT molecular complexity index is 327. The molecule has 1 aliphatic heterocycles. The normalized spacial score (nSPS) is 21.4. The zero-order chi connectivity index (χ0) is 11.4. The lowest BCUT2D eigenvalue weighted by Gasteiger charge is -2.31. The molecule has 1 aromatic rings. The quantitative estimate of drug-likeness (QED) is 0.895. The molecule has 0 spiro atoms. The van der Waals surface area contributed by atoms with Crippen molar-refractivity contribution in [1.29, 1.82) is 0 Å². The maximum atomic E-state index is 4.52. The topological polar surface area (TPSA) is 28.2 Å². The van der Waals surface area contributed by atoms with Gasteiger partial charge in [0.25, 0.3) is 0 Å². The molecule has 0 amide bonds. The first-order valence-electron chi connectivity index (χ1n) is 5.79. The molecule has 5 heteroatoms. The van der Waals surface area contributed by atoms with E-state index in [0.717, 1.165) is 24.9 Å². The van der Waals surface area contributed by atoms with Crippen LogP contribution < -0.4 is 10.2 Å². The van der Waals surface area contributed by atoms with Crippen molar-refractivity contribution in [3.05, 3.63) is 11.1 Å². The van der Waals surface area contributed by atoms with Crippen molar-refractivity contribution >= 4 is 28.2 Å². The van der Waals surface area contributed by atoms with Crippen molar-refractivity contribution in [2.24, 2.45) is 0 Å². The van der Waals surface area contributed by atoms with Crippen LogP contribution in [0.2, 0.25) is 0 Å². The summed E-state index contributed by atoms with van der Waals surface area (Å²) in [7, 11) is 1.98. The Morgan fingerprint density at radius 1 is 1.62 bits per heavy atom. The fourth-order valence-electron chi connectivity index (χ4n) is 1.84. The van der Waals surface area contributed by atoms with Gasteiger partial charge in [0.2, 0.25) is 0 Å². The second-order valence-electron chi connectivity index (χ2n) is 3.99. The van der Waals surface area contributed by atoms with E-state index in [1.54, 1.807) is 0 Å². The molecular weight excluding hydrogens is 238 g/mol. The molecule has 2 rings (SSSR count). The number of rotatable bonds is 4. The maximum Gasteiger partial charge on any atom is 0.185 e. The standard InChI is InChI=1S/C11H19N3S2/c1-3-9-8-14(4-5-15-9)11-13-7-10(16-11)6-12-2/h7,9,12H,3-6,8H2,1-2H3. The van der Waals surface area contributed by atoms with E-state index in [1.165, 1.54) is 22.2 Å². The summed E-state index contributed by atoms with van der Waals surface area (Å²) in [5.74, 6) is 1.24. The number of thioether (sulfide) groups is 1. The van der Waals surface area contributed by atoms with Crippen molar-refractivity contribution in [2.45, 2.75) is 25.1 Å². The molecule has 1 atom stereocenters. The molecule has 1 aliphatic rings. The summed E-state index contributed by atoms with van der Waals surface area (Å²) < 4.78 is 0. The molecule has 1 N–H and O–H groups in total. The lowest BCUT2D eigenvalue weighted by molar-refractivity contribution is 0.726. The third-order valence-corrected chi connectivity index (χ3v) is 5.19. The van der Waals surface area contributed by atoms with Crippen LogP contribution in [-0.2, 0) is 6.54 Å². The maximum absolute atomic E-state index is 4.52. The third kappa shape index (κ3) is 2.90. The zero-order valence-corrected chi connectivity index (χ0v) is 11.5. The van der Waals surface area contributed by atoms with Crippen molar-refractivity contribution in [3.8, 4) is 0 Å². The van der Waals surface area contributed by atoms with Gasteiger partial charge in [-0.2, -0.15) is 11.8 Å². The molecule has 0 radical (unpaired) electrons. The van der Waals surface area contributed by atoms with Gasteiger partial charge in [-0.1, -0.05) is 6.92 Å². The van der Waals surface area contributed by atoms with E-state index < -0.39 is 0 Å². The Hall–Kier alpha value is -0.260. The van der Waals surface area contributed by atoms with Gasteiger partial charge in [-0.05, 0) is 13.5 Å². The second-order valence-corrected chi connectivity index (χ2v) is 6.49. The molecule has 1 saturated heterocycles. The van der Waals surface area contributed by atoms with E-state index in [1.807, 2.05) is 24.6 Å². The van der Waals surface area contributed by atoms with Crippen LogP contribution in [0.25, 0.3) is 0 Å². The fourth-order valence-corrected chi connectivity index (χ4v) is 3.98. The van der Waals surface area contributed by atoms with Gasteiger partial charge < -0.3 is 10.2 Å². The van der Waals surface area contributed by atoms with E-state index >= 15 is 0 Å². The molecule has 1 fully saturated rings. The van der Waals surface area contributed by atoms with Crippen molar-refractivity contribution in [1.82, 2.24) is 10.3 Å². The van der Waals surface area contributed by atoms with E-state index in [2.05, 4.69) is 33.9 Å². The van der Waals surface area contributed by atoms with Crippen LogP contribution in [0.1, 0.15) is 18.2 Å². The highest BCUT2D eigenvalue weighted by atomic mass is 32.2. The molecule has 0 bridgehead atoms. The summed E-state index contributed by atoms with van der Waals surface area (Å²) >= 11 is 3.92. The zero-order valence-electron chi connectivity index (χ0n) is 9.90. The summed E-state index contributed by atoms with van der Waals surface area (Å²) in [6.07, 6.45) is 3.26. The van der Waals surface area contributed by atoms with Crippen LogP contribution in [-0.4, -0.2) is 36.1 Å². The summed E-state index contributed by atoms with van der Waals surface area (Å²) in [4.78, 5) is 8.28. The molecule has 1 aromatic heterocycles. The van der Waals surface area contributed by atoms with Crippen LogP contribution in [0.15, 0.2) is 6.20 Å². The second kappa shape index (κ2) is 5.89. The van der Waals surface area contributed by atoms with Gasteiger partial charge in [0.15, 0.2) is 5.13 Å². The van der Waals surface area contributed by atoms with Crippen LogP contribution in [0, 0.1) is 0 Å². The highest BCUT2D eigenvalue weighted by Crippen LogP contribution is 2.28. The number of hydrogen-bond donors (Lipinski definition) is 1. The number of hydrogen-bond acceptors (Lipinski definition) is 5. The molecule has 2 heterocycles. The van der Waals surface area contributed by atoms with Crippen LogP contribution >= 0.6 is 23.1 Å². The van der Waals surface area contributed by atoms with Crippen LogP contribution in [0.5, 0.6) is 0 Å². The number of anilines is 1. The van der Waals surface area contributed by atoms with Gasteiger partial charge in [0, 0.05) is 41.7 Å². The number of aromatic nitrogens is 1. The third-order valence-electron chi connectivity index (χ3n) is 2.76. The van der Waals surface area contributed by atoms with E-state index in [-0.39, 0.29) is 0 Å². The van der Waals surface area contributed by atoms with Gasteiger partial charge in [-0.15, -0.1) is 11.3 Å². The first kappa shape index (κ1) is 12.2. The minimum Gasteiger partial charge on any atom is -0.346 e. The smallest absolute Gasteiger partial charge is 0.185 e. The van der Waals surface area contributed by atoms with E-state index in [0.29, 0.717) is 0 Å². The van der Waals surface area contributed by atoms with Gasteiger partial charge >= 0.3 is 0 Å². The summed E-state index contributed by atoms with van der Waals surface area (Å²) in [5.41, 5.74) is 0.